The zero-order chi connectivity index (χ0) is 21.1. The number of ether oxygens (including phenoxy) is 2. The third kappa shape index (κ3) is 4.68. The van der Waals surface area contributed by atoms with Gasteiger partial charge in [0.1, 0.15) is 5.60 Å². The van der Waals surface area contributed by atoms with Gasteiger partial charge in [0.15, 0.2) is 0 Å². The summed E-state index contributed by atoms with van der Waals surface area (Å²) in [5.41, 5.74) is 1.74. The van der Waals surface area contributed by atoms with Crippen LogP contribution in [0, 0.1) is 0 Å². The fourth-order valence-electron chi connectivity index (χ4n) is 4.06. The van der Waals surface area contributed by atoms with Crippen LogP contribution >= 0.6 is 0 Å². The Labute approximate surface area is 177 Å². The molecule has 30 heavy (non-hydrogen) atoms. The van der Waals surface area contributed by atoms with Gasteiger partial charge in [-0.15, -0.1) is 0 Å². The number of amides is 1. The molecule has 0 bridgehead atoms. The molecule has 0 aliphatic carbocycles. The number of carbonyl (C=O) groups excluding carboxylic acids is 1. The summed E-state index contributed by atoms with van der Waals surface area (Å²) in [4.78, 5) is 14.4. The molecule has 1 amide bonds. The van der Waals surface area contributed by atoms with Gasteiger partial charge in [-0.05, 0) is 55.2 Å². The number of furan rings is 1. The Morgan fingerprint density at radius 3 is 2.70 bits per heavy atom. The van der Waals surface area contributed by atoms with Crippen molar-refractivity contribution in [3.63, 3.8) is 0 Å². The van der Waals surface area contributed by atoms with Crippen molar-refractivity contribution < 1.29 is 18.7 Å². The molecule has 1 aliphatic heterocycles. The maximum Gasteiger partial charge on any atom is 0.410 e. The van der Waals surface area contributed by atoms with E-state index in [1.807, 2.05) is 39.0 Å². The number of nitrogens with zero attached hydrogens (tertiary/aromatic N) is 1. The maximum atomic E-state index is 12.6. The lowest BCUT2D eigenvalue weighted by molar-refractivity contribution is -0.0357. The van der Waals surface area contributed by atoms with E-state index < -0.39 is 5.60 Å². The largest absolute Gasteiger partial charge is 0.472 e. The van der Waals surface area contributed by atoms with Crippen LogP contribution in [0.25, 0.3) is 10.8 Å². The van der Waals surface area contributed by atoms with Crippen molar-refractivity contribution in [2.24, 2.45) is 0 Å². The average molecular weight is 408 g/mol. The second kappa shape index (κ2) is 8.52. The van der Waals surface area contributed by atoms with Gasteiger partial charge < -0.3 is 18.8 Å². The maximum absolute atomic E-state index is 12.6. The van der Waals surface area contributed by atoms with Gasteiger partial charge in [-0.3, -0.25) is 0 Å². The smallest absolute Gasteiger partial charge is 0.410 e. The zero-order valence-electron chi connectivity index (χ0n) is 17.8. The minimum atomic E-state index is -0.516. The predicted octanol–water partition coefficient (Wildman–Crippen LogP) is 5.74. The van der Waals surface area contributed by atoms with Crippen LogP contribution in [-0.4, -0.2) is 35.8 Å². The quantitative estimate of drug-likeness (QED) is 0.553. The molecule has 3 aromatic rings. The van der Waals surface area contributed by atoms with Crippen molar-refractivity contribution in [3.05, 3.63) is 72.2 Å². The lowest BCUT2D eigenvalue weighted by Gasteiger charge is -2.38. The molecule has 2 heterocycles. The molecule has 158 valence electrons. The third-order valence-corrected chi connectivity index (χ3v) is 5.52. The summed E-state index contributed by atoms with van der Waals surface area (Å²) >= 11 is 0. The van der Waals surface area contributed by atoms with E-state index in [9.17, 15) is 4.79 Å². The molecule has 1 aromatic heterocycles. The minimum absolute atomic E-state index is 0.136. The Morgan fingerprint density at radius 1 is 1.13 bits per heavy atom. The van der Waals surface area contributed by atoms with E-state index in [2.05, 4.69) is 30.3 Å². The Kier molecular flexibility index (Phi) is 5.82. The van der Waals surface area contributed by atoms with Crippen LogP contribution in [0.2, 0.25) is 0 Å². The standard InChI is InChI=1S/C25H29NO4/c1-25(2,3)30-24(27)26-13-11-22(20-12-14-28-16-20)23(15-26)29-17-19-9-6-8-18-7-4-5-10-21(18)19/h4-10,12,14,16,22-23H,11,13,15,17H2,1-3H3/t22-,23+/m1/s1. The number of fused-ring (bicyclic) bond motifs is 1. The molecular weight excluding hydrogens is 378 g/mol. The van der Waals surface area contributed by atoms with Crippen molar-refractivity contribution in [1.29, 1.82) is 0 Å². The van der Waals surface area contributed by atoms with Crippen LogP contribution in [0.5, 0.6) is 0 Å². The van der Waals surface area contributed by atoms with E-state index in [0.717, 1.165) is 17.5 Å². The molecule has 2 aromatic carbocycles. The monoisotopic (exact) mass is 407 g/mol. The van der Waals surface area contributed by atoms with Gasteiger partial charge in [-0.25, -0.2) is 4.79 Å². The molecule has 0 saturated carbocycles. The molecule has 0 unspecified atom stereocenters. The van der Waals surface area contributed by atoms with E-state index >= 15 is 0 Å². The van der Waals surface area contributed by atoms with Gasteiger partial charge in [0.05, 0.1) is 31.8 Å². The van der Waals surface area contributed by atoms with Gasteiger partial charge in [0.25, 0.3) is 0 Å². The van der Waals surface area contributed by atoms with Crippen molar-refractivity contribution in [2.45, 2.75) is 51.4 Å². The summed E-state index contributed by atoms with van der Waals surface area (Å²) < 4.78 is 17.3. The van der Waals surface area contributed by atoms with Crippen molar-refractivity contribution >= 4 is 16.9 Å². The fraction of sp³-hybridized carbons (Fsp3) is 0.400. The number of likely N-dealkylation sites (tertiary alicyclic amines) is 1. The highest BCUT2D eigenvalue weighted by Crippen LogP contribution is 2.32. The van der Waals surface area contributed by atoms with Gasteiger partial charge in [-0.2, -0.15) is 0 Å². The van der Waals surface area contributed by atoms with E-state index in [1.165, 1.54) is 10.8 Å². The first-order chi connectivity index (χ1) is 14.4. The fourth-order valence-corrected chi connectivity index (χ4v) is 4.06. The van der Waals surface area contributed by atoms with E-state index in [4.69, 9.17) is 13.9 Å². The minimum Gasteiger partial charge on any atom is -0.472 e. The Morgan fingerprint density at radius 2 is 1.93 bits per heavy atom. The third-order valence-electron chi connectivity index (χ3n) is 5.52. The topological polar surface area (TPSA) is 51.9 Å². The molecule has 5 heteroatoms. The highest BCUT2D eigenvalue weighted by atomic mass is 16.6. The normalized spacial score (nSPS) is 19.8. The Hall–Kier alpha value is -2.79. The Bertz CT molecular complexity index is 985. The van der Waals surface area contributed by atoms with Crippen LogP contribution in [-0.2, 0) is 16.1 Å². The average Bonchev–Trinajstić information content (AvgIpc) is 3.25. The van der Waals surface area contributed by atoms with Crippen LogP contribution in [0.3, 0.4) is 0 Å². The molecule has 1 fully saturated rings. The number of hydrogen-bond donors (Lipinski definition) is 0. The summed E-state index contributed by atoms with van der Waals surface area (Å²) in [5, 5.41) is 2.39. The lowest BCUT2D eigenvalue weighted by Crippen LogP contribution is -2.48. The molecular formula is C25H29NO4. The molecule has 0 spiro atoms. The predicted molar refractivity (Wildman–Crippen MR) is 116 cm³/mol. The van der Waals surface area contributed by atoms with Gasteiger partial charge in [0.2, 0.25) is 0 Å². The summed E-state index contributed by atoms with van der Waals surface area (Å²) in [6.07, 6.45) is 3.85. The van der Waals surface area contributed by atoms with Gasteiger partial charge >= 0.3 is 6.09 Å². The molecule has 1 saturated heterocycles. The lowest BCUT2D eigenvalue weighted by atomic mass is 9.88. The highest BCUT2D eigenvalue weighted by Gasteiger charge is 2.35. The van der Waals surface area contributed by atoms with E-state index in [1.54, 1.807) is 17.4 Å². The van der Waals surface area contributed by atoms with Gasteiger partial charge in [0, 0.05) is 12.5 Å². The first-order valence-corrected chi connectivity index (χ1v) is 10.5. The van der Waals surface area contributed by atoms with Crippen LogP contribution in [0.1, 0.15) is 44.2 Å². The summed E-state index contributed by atoms with van der Waals surface area (Å²) in [6, 6.07) is 16.6. The van der Waals surface area contributed by atoms with Crippen molar-refractivity contribution in [3.8, 4) is 0 Å². The van der Waals surface area contributed by atoms with Crippen molar-refractivity contribution in [2.75, 3.05) is 13.1 Å². The zero-order valence-corrected chi connectivity index (χ0v) is 17.8. The second-order valence-electron chi connectivity index (χ2n) is 8.87. The molecule has 0 N–H and O–H groups in total. The molecule has 2 atom stereocenters. The number of benzene rings is 2. The van der Waals surface area contributed by atoms with Crippen LogP contribution in [0.4, 0.5) is 4.79 Å². The summed E-state index contributed by atoms with van der Waals surface area (Å²) in [5.74, 6) is 0.178. The van der Waals surface area contributed by atoms with Crippen LogP contribution < -0.4 is 0 Å². The summed E-state index contributed by atoms with van der Waals surface area (Å²) in [6.45, 7) is 7.28. The van der Waals surface area contributed by atoms with E-state index in [-0.39, 0.29) is 18.1 Å². The molecule has 1 aliphatic rings. The van der Waals surface area contributed by atoms with Gasteiger partial charge in [-0.1, -0.05) is 42.5 Å². The number of hydrogen-bond acceptors (Lipinski definition) is 4. The first-order valence-electron chi connectivity index (χ1n) is 10.5. The summed E-state index contributed by atoms with van der Waals surface area (Å²) in [7, 11) is 0. The second-order valence-corrected chi connectivity index (χ2v) is 8.87. The molecule has 5 nitrogen and oxygen atoms in total. The Balaban J connectivity index is 1.52. The molecule has 4 rings (SSSR count). The number of piperidine rings is 1. The SMILES string of the molecule is CC(C)(C)OC(=O)N1CC[C@H](c2ccoc2)[C@@H](OCc2cccc3ccccc23)C1. The highest BCUT2D eigenvalue weighted by molar-refractivity contribution is 5.85. The van der Waals surface area contributed by atoms with Crippen molar-refractivity contribution in [1.82, 2.24) is 4.90 Å². The van der Waals surface area contributed by atoms with E-state index in [0.29, 0.717) is 19.7 Å². The number of carbonyl (C=O) groups is 1. The van der Waals surface area contributed by atoms with Crippen LogP contribution in [0.15, 0.2) is 65.5 Å². The number of rotatable bonds is 4. The first kappa shape index (κ1) is 20.5. The molecule has 0 radical (unpaired) electrons.